The quantitative estimate of drug-likeness (QED) is 0.650. The molecule has 2 aromatic rings. The van der Waals surface area contributed by atoms with Gasteiger partial charge in [0.25, 0.3) is 0 Å². The zero-order chi connectivity index (χ0) is 20.6. The molecular weight excluding hydrogens is 390 g/mol. The molecule has 0 aliphatic heterocycles. The van der Waals surface area contributed by atoms with Gasteiger partial charge in [-0.15, -0.1) is 0 Å². The Balaban J connectivity index is 1.61. The fraction of sp³-hybridized carbons (Fsp3) is 0.391. The van der Waals surface area contributed by atoms with Crippen molar-refractivity contribution in [2.45, 2.75) is 56.9 Å². The first-order chi connectivity index (χ1) is 13.9. The van der Waals surface area contributed by atoms with Gasteiger partial charge in [0.15, 0.2) is 0 Å². The van der Waals surface area contributed by atoms with E-state index in [4.69, 9.17) is 16.3 Å². The van der Waals surface area contributed by atoms with Crippen LogP contribution in [0.4, 0.5) is 0 Å². The number of rotatable bonds is 7. The molecule has 0 radical (unpaired) electrons. The van der Waals surface area contributed by atoms with Crippen molar-refractivity contribution >= 4 is 23.5 Å². The van der Waals surface area contributed by atoms with E-state index in [1.807, 2.05) is 41.3 Å². The SMILES string of the molecule is CC(=O)N(C1(OCc2cccc(Cl)c2)CCC1)C1(c2ccc(C(=O)O)cc2)CC1. The van der Waals surface area contributed by atoms with E-state index in [0.29, 0.717) is 11.6 Å². The van der Waals surface area contributed by atoms with E-state index in [1.165, 1.54) is 0 Å². The number of carbonyl (C=O) groups is 2. The van der Waals surface area contributed by atoms with Gasteiger partial charge in [0.1, 0.15) is 5.72 Å². The van der Waals surface area contributed by atoms with Gasteiger partial charge >= 0.3 is 5.97 Å². The number of halogens is 1. The maximum absolute atomic E-state index is 12.8. The summed E-state index contributed by atoms with van der Waals surface area (Å²) < 4.78 is 6.39. The second-order valence-electron chi connectivity index (χ2n) is 7.99. The zero-order valence-corrected chi connectivity index (χ0v) is 17.1. The van der Waals surface area contributed by atoms with E-state index in [-0.39, 0.29) is 11.5 Å². The lowest BCUT2D eigenvalue weighted by atomic mass is 9.83. The Labute approximate surface area is 175 Å². The summed E-state index contributed by atoms with van der Waals surface area (Å²) in [4.78, 5) is 25.9. The summed E-state index contributed by atoms with van der Waals surface area (Å²) in [6.45, 7) is 1.98. The Morgan fingerprint density at radius 2 is 1.79 bits per heavy atom. The van der Waals surface area contributed by atoms with Gasteiger partial charge < -0.3 is 14.7 Å². The molecular formula is C23H24ClNO4. The molecule has 4 rings (SSSR count). The van der Waals surface area contributed by atoms with Crippen molar-refractivity contribution in [2.75, 3.05) is 0 Å². The van der Waals surface area contributed by atoms with Crippen LogP contribution in [0.1, 0.15) is 60.5 Å². The monoisotopic (exact) mass is 413 g/mol. The Morgan fingerprint density at radius 1 is 1.10 bits per heavy atom. The largest absolute Gasteiger partial charge is 0.478 e. The van der Waals surface area contributed by atoms with Gasteiger partial charge in [-0.05, 0) is 67.5 Å². The smallest absolute Gasteiger partial charge is 0.335 e. The summed E-state index contributed by atoms with van der Waals surface area (Å²) in [5, 5.41) is 9.83. The van der Waals surface area contributed by atoms with Crippen molar-refractivity contribution in [3.8, 4) is 0 Å². The third-order valence-corrected chi connectivity index (χ3v) is 6.31. The Kier molecular flexibility index (Phi) is 5.13. The average molecular weight is 414 g/mol. The van der Waals surface area contributed by atoms with E-state index >= 15 is 0 Å². The van der Waals surface area contributed by atoms with E-state index in [2.05, 4.69) is 0 Å². The number of ether oxygens (including phenoxy) is 1. The predicted octanol–water partition coefficient (Wildman–Crippen LogP) is 4.97. The van der Waals surface area contributed by atoms with Crippen LogP contribution in [-0.2, 0) is 21.7 Å². The van der Waals surface area contributed by atoms with Gasteiger partial charge in [-0.25, -0.2) is 4.79 Å². The van der Waals surface area contributed by atoms with Crippen LogP contribution >= 0.6 is 11.6 Å². The van der Waals surface area contributed by atoms with Crippen molar-refractivity contribution in [2.24, 2.45) is 0 Å². The lowest BCUT2D eigenvalue weighted by Crippen LogP contribution is -2.61. The molecule has 2 aliphatic carbocycles. The number of carboxylic acid groups (broad SMARTS) is 1. The van der Waals surface area contributed by atoms with Crippen LogP contribution in [0.3, 0.4) is 0 Å². The van der Waals surface area contributed by atoms with E-state index in [0.717, 1.165) is 43.2 Å². The average Bonchev–Trinajstić information content (AvgIpc) is 3.45. The van der Waals surface area contributed by atoms with Crippen LogP contribution in [0.25, 0.3) is 0 Å². The van der Waals surface area contributed by atoms with E-state index in [1.54, 1.807) is 19.1 Å². The molecule has 0 bridgehead atoms. The number of carboxylic acids is 1. The molecule has 152 valence electrons. The Hall–Kier alpha value is -2.37. The summed E-state index contributed by atoms with van der Waals surface area (Å²) in [5.41, 5.74) is 1.14. The zero-order valence-electron chi connectivity index (χ0n) is 16.4. The molecule has 0 aromatic heterocycles. The highest BCUT2D eigenvalue weighted by atomic mass is 35.5. The molecule has 2 aliphatic rings. The van der Waals surface area contributed by atoms with Crippen molar-refractivity contribution in [1.29, 1.82) is 0 Å². The van der Waals surface area contributed by atoms with Gasteiger partial charge in [0.2, 0.25) is 5.91 Å². The van der Waals surface area contributed by atoms with Gasteiger partial charge in [-0.3, -0.25) is 4.79 Å². The standard InChI is InChI=1S/C23H24ClNO4/c1-16(26)25(22(12-13-22)19-8-6-18(7-9-19)21(27)28)23(10-3-11-23)29-15-17-4-2-5-20(24)14-17/h2,4-9,14H,3,10-13,15H2,1H3,(H,27,28). The second kappa shape index (κ2) is 7.47. The molecule has 0 heterocycles. The number of benzene rings is 2. The number of aromatic carboxylic acids is 1. The molecule has 0 unspecified atom stereocenters. The minimum atomic E-state index is -0.954. The van der Waals surface area contributed by atoms with E-state index < -0.39 is 17.2 Å². The number of hydrogen-bond donors (Lipinski definition) is 1. The number of hydrogen-bond acceptors (Lipinski definition) is 3. The molecule has 1 amide bonds. The third-order valence-electron chi connectivity index (χ3n) is 6.07. The molecule has 5 nitrogen and oxygen atoms in total. The number of nitrogens with zero attached hydrogens (tertiary/aromatic N) is 1. The van der Waals surface area contributed by atoms with Crippen molar-refractivity contribution in [3.63, 3.8) is 0 Å². The topological polar surface area (TPSA) is 66.8 Å². The molecule has 0 atom stereocenters. The minimum absolute atomic E-state index is 0.0180. The Morgan fingerprint density at radius 3 is 2.28 bits per heavy atom. The molecule has 2 fully saturated rings. The summed E-state index contributed by atoms with van der Waals surface area (Å²) in [6.07, 6.45) is 4.29. The van der Waals surface area contributed by atoms with Gasteiger partial charge in [0.05, 0.1) is 17.7 Å². The molecule has 29 heavy (non-hydrogen) atoms. The summed E-state index contributed by atoms with van der Waals surface area (Å²) in [6, 6.07) is 14.4. The maximum Gasteiger partial charge on any atom is 0.335 e. The first-order valence-electron chi connectivity index (χ1n) is 9.89. The molecule has 1 N–H and O–H groups in total. The third kappa shape index (κ3) is 3.65. The molecule has 0 saturated heterocycles. The summed E-state index contributed by atoms with van der Waals surface area (Å²) >= 11 is 6.09. The van der Waals surface area contributed by atoms with Crippen LogP contribution in [0.15, 0.2) is 48.5 Å². The van der Waals surface area contributed by atoms with Crippen molar-refractivity contribution in [3.05, 3.63) is 70.2 Å². The molecule has 0 spiro atoms. The number of amides is 1. The first-order valence-corrected chi connectivity index (χ1v) is 10.3. The van der Waals surface area contributed by atoms with Crippen LogP contribution < -0.4 is 0 Å². The second-order valence-corrected chi connectivity index (χ2v) is 8.42. The van der Waals surface area contributed by atoms with E-state index in [9.17, 15) is 14.7 Å². The van der Waals surface area contributed by atoms with Crippen molar-refractivity contribution in [1.82, 2.24) is 4.90 Å². The van der Waals surface area contributed by atoms with Gasteiger partial charge in [-0.2, -0.15) is 0 Å². The predicted molar refractivity (Wildman–Crippen MR) is 110 cm³/mol. The lowest BCUT2D eigenvalue weighted by Gasteiger charge is -2.53. The maximum atomic E-state index is 12.8. The van der Waals surface area contributed by atoms with Crippen LogP contribution in [0.5, 0.6) is 0 Å². The van der Waals surface area contributed by atoms with Crippen molar-refractivity contribution < 1.29 is 19.4 Å². The highest BCUT2D eigenvalue weighted by Crippen LogP contribution is 2.57. The molecule has 2 saturated carbocycles. The molecule has 2 aromatic carbocycles. The minimum Gasteiger partial charge on any atom is -0.478 e. The fourth-order valence-corrected chi connectivity index (χ4v) is 4.63. The highest BCUT2D eigenvalue weighted by Gasteiger charge is 2.60. The highest BCUT2D eigenvalue weighted by molar-refractivity contribution is 6.30. The number of carbonyl (C=O) groups excluding carboxylic acids is 1. The van der Waals surface area contributed by atoms with Crippen LogP contribution in [0.2, 0.25) is 5.02 Å². The fourth-order valence-electron chi connectivity index (χ4n) is 4.42. The summed E-state index contributed by atoms with van der Waals surface area (Å²) in [5.74, 6) is -0.972. The Bertz CT molecular complexity index is 932. The lowest BCUT2D eigenvalue weighted by molar-refractivity contribution is -0.226. The van der Waals surface area contributed by atoms with Gasteiger partial charge in [0, 0.05) is 11.9 Å². The summed E-state index contributed by atoms with van der Waals surface area (Å²) in [7, 11) is 0. The van der Waals surface area contributed by atoms with Crippen LogP contribution in [-0.4, -0.2) is 27.6 Å². The first kappa shape index (κ1) is 19.9. The van der Waals surface area contributed by atoms with Gasteiger partial charge in [-0.1, -0.05) is 35.9 Å². The molecule has 6 heteroatoms. The normalized spacial score (nSPS) is 18.6. The van der Waals surface area contributed by atoms with Crippen LogP contribution in [0, 0.1) is 0 Å².